The van der Waals surface area contributed by atoms with E-state index in [4.69, 9.17) is 18.9 Å². The van der Waals surface area contributed by atoms with E-state index in [1.54, 1.807) is 35.6 Å². The van der Waals surface area contributed by atoms with Crippen LogP contribution in [0.4, 0.5) is 5.00 Å². The Morgan fingerprint density at radius 3 is 2.38 bits per heavy atom. The lowest BCUT2D eigenvalue weighted by Gasteiger charge is -2.36. The Bertz CT molecular complexity index is 1420. The van der Waals surface area contributed by atoms with Gasteiger partial charge in [0.1, 0.15) is 16.9 Å². The number of thiophene rings is 1. The number of amides is 1. The van der Waals surface area contributed by atoms with E-state index in [0.717, 1.165) is 36.2 Å². The van der Waals surface area contributed by atoms with E-state index >= 15 is 0 Å². The summed E-state index contributed by atoms with van der Waals surface area (Å²) in [6.07, 6.45) is 3.58. The van der Waals surface area contributed by atoms with Gasteiger partial charge < -0.3 is 29.6 Å². The second-order valence-electron chi connectivity index (χ2n) is 10.9. The number of fused-ring (bicyclic) bond motifs is 3. The summed E-state index contributed by atoms with van der Waals surface area (Å²) in [5.41, 5.74) is 3.09. The lowest BCUT2D eigenvalue weighted by atomic mass is 9.69. The largest absolute Gasteiger partial charge is 0.493 e. The molecule has 0 radical (unpaired) electrons. The fourth-order valence-electron chi connectivity index (χ4n) is 5.58. The number of carbonyl (C=O) groups excluding carboxylic acids is 2. The van der Waals surface area contributed by atoms with Crippen molar-refractivity contribution in [3.8, 4) is 23.0 Å². The summed E-state index contributed by atoms with van der Waals surface area (Å²) in [6, 6.07) is 10.3. The van der Waals surface area contributed by atoms with Crippen molar-refractivity contribution in [3.05, 3.63) is 63.5 Å². The highest BCUT2D eigenvalue weighted by Gasteiger charge is 2.38. The van der Waals surface area contributed by atoms with E-state index in [9.17, 15) is 9.59 Å². The summed E-state index contributed by atoms with van der Waals surface area (Å²) >= 11 is 1.68. The molecule has 0 saturated heterocycles. The molecule has 2 aliphatic rings. The fraction of sp³-hybridized carbons (Fsp3) is 0.419. The zero-order valence-electron chi connectivity index (χ0n) is 23.8. The molecule has 0 bridgehead atoms. The lowest BCUT2D eigenvalue weighted by molar-refractivity contribution is 0.0731. The Balaban J connectivity index is 1.40. The van der Waals surface area contributed by atoms with Crippen LogP contribution in [-0.4, -0.2) is 33.2 Å². The maximum atomic E-state index is 13.4. The topological polar surface area (TPSA) is 95.1 Å². The van der Waals surface area contributed by atoms with E-state index < -0.39 is 12.1 Å². The SMILES string of the molecule is CCC(C)(C)[C@H]1CCc2c(sc3c2C(=O)N[C@H](c2ccccc2OC(=O)c2cc(OC)c(OC)c(OC)c2)N3)C1. The van der Waals surface area contributed by atoms with E-state index in [1.807, 2.05) is 12.1 Å². The molecule has 9 heteroatoms. The van der Waals surface area contributed by atoms with Crippen molar-refractivity contribution < 1.29 is 28.5 Å². The predicted molar refractivity (Wildman–Crippen MR) is 155 cm³/mol. The summed E-state index contributed by atoms with van der Waals surface area (Å²) in [5, 5.41) is 7.48. The van der Waals surface area contributed by atoms with Crippen molar-refractivity contribution in [2.45, 2.75) is 52.6 Å². The first-order valence-corrected chi connectivity index (χ1v) is 14.3. The number of benzene rings is 2. The van der Waals surface area contributed by atoms with Crippen molar-refractivity contribution in [1.29, 1.82) is 0 Å². The van der Waals surface area contributed by atoms with Gasteiger partial charge in [-0.25, -0.2) is 4.79 Å². The third kappa shape index (κ3) is 4.98. The normalized spacial score (nSPS) is 18.1. The molecule has 2 aromatic carbocycles. The highest BCUT2D eigenvalue weighted by atomic mass is 32.1. The molecular formula is C31H36N2O6S. The van der Waals surface area contributed by atoms with Crippen molar-refractivity contribution in [1.82, 2.24) is 5.32 Å². The van der Waals surface area contributed by atoms with Crippen LogP contribution >= 0.6 is 11.3 Å². The molecule has 40 heavy (non-hydrogen) atoms. The summed E-state index contributed by atoms with van der Waals surface area (Å²) in [7, 11) is 4.47. The Labute approximate surface area is 239 Å². The van der Waals surface area contributed by atoms with Crippen molar-refractivity contribution in [2.75, 3.05) is 26.6 Å². The summed E-state index contributed by atoms with van der Waals surface area (Å²) in [6.45, 7) is 6.93. The van der Waals surface area contributed by atoms with Crippen LogP contribution in [0.5, 0.6) is 23.0 Å². The molecule has 2 heterocycles. The van der Waals surface area contributed by atoms with Gasteiger partial charge in [0.25, 0.3) is 5.91 Å². The predicted octanol–water partition coefficient (Wildman–Crippen LogP) is 6.39. The van der Waals surface area contributed by atoms with Gasteiger partial charge >= 0.3 is 5.97 Å². The van der Waals surface area contributed by atoms with Crippen LogP contribution in [0.1, 0.15) is 76.5 Å². The Morgan fingerprint density at radius 1 is 1.02 bits per heavy atom. The van der Waals surface area contributed by atoms with Crippen molar-refractivity contribution >= 4 is 28.2 Å². The third-order valence-corrected chi connectivity index (χ3v) is 9.58. The smallest absolute Gasteiger partial charge is 0.343 e. The van der Waals surface area contributed by atoms with E-state index in [-0.39, 0.29) is 16.9 Å². The van der Waals surface area contributed by atoms with Gasteiger partial charge in [-0.05, 0) is 54.4 Å². The second kappa shape index (κ2) is 11.0. The van der Waals surface area contributed by atoms with Crippen molar-refractivity contribution in [3.63, 3.8) is 0 Å². The number of para-hydroxylation sites is 1. The summed E-state index contributed by atoms with van der Waals surface area (Å²) in [4.78, 5) is 27.9. The molecule has 1 aliphatic carbocycles. The summed E-state index contributed by atoms with van der Waals surface area (Å²) < 4.78 is 22.0. The number of ether oxygens (including phenoxy) is 4. The average Bonchev–Trinajstić information content (AvgIpc) is 3.34. The zero-order chi connectivity index (χ0) is 28.6. The van der Waals surface area contributed by atoms with Crippen LogP contribution < -0.4 is 29.6 Å². The molecule has 0 unspecified atom stereocenters. The van der Waals surface area contributed by atoms with Crippen LogP contribution in [0.2, 0.25) is 0 Å². The monoisotopic (exact) mass is 564 g/mol. The molecule has 5 rings (SSSR count). The van der Waals surface area contributed by atoms with Crippen LogP contribution in [0.15, 0.2) is 36.4 Å². The standard InChI is InChI=1S/C31H36N2O6S/c1-7-31(2,3)18-12-13-20-24(16-18)40-29-25(20)28(34)32-27(33-29)19-10-8-9-11-21(19)39-30(35)17-14-22(36-4)26(38-6)23(15-17)37-5/h8-11,14-15,18,27,33H,7,12-13,16H2,1-6H3,(H,32,34)/t18-,27-/m0/s1. The van der Waals surface area contributed by atoms with Gasteiger partial charge in [0.2, 0.25) is 5.75 Å². The van der Waals surface area contributed by atoms with E-state index in [0.29, 0.717) is 34.5 Å². The Morgan fingerprint density at radius 2 is 1.73 bits per heavy atom. The van der Waals surface area contributed by atoms with Crippen LogP contribution in [0.3, 0.4) is 0 Å². The first-order valence-electron chi connectivity index (χ1n) is 13.5. The molecule has 0 spiro atoms. The Kier molecular flexibility index (Phi) is 7.68. The molecule has 212 valence electrons. The van der Waals surface area contributed by atoms with Gasteiger partial charge in [-0.3, -0.25) is 4.79 Å². The molecule has 1 aromatic heterocycles. The number of nitrogens with one attached hydrogen (secondary N) is 2. The first kappa shape index (κ1) is 27.8. The molecule has 0 fully saturated rings. The molecule has 8 nitrogen and oxygen atoms in total. The van der Waals surface area contributed by atoms with Gasteiger partial charge in [-0.1, -0.05) is 45.4 Å². The van der Waals surface area contributed by atoms with Gasteiger partial charge in [0, 0.05) is 10.4 Å². The van der Waals surface area contributed by atoms with Crippen molar-refractivity contribution in [2.24, 2.45) is 11.3 Å². The number of anilines is 1. The van der Waals surface area contributed by atoms with Crippen LogP contribution in [-0.2, 0) is 12.8 Å². The second-order valence-corrected chi connectivity index (χ2v) is 12.0. The lowest BCUT2D eigenvalue weighted by Crippen LogP contribution is -2.38. The van der Waals surface area contributed by atoms with Gasteiger partial charge in [0.05, 0.1) is 32.5 Å². The highest BCUT2D eigenvalue weighted by Crippen LogP contribution is 2.47. The van der Waals surface area contributed by atoms with Gasteiger partial charge in [-0.2, -0.15) is 0 Å². The first-order chi connectivity index (χ1) is 19.2. The van der Waals surface area contributed by atoms with Crippen LogP contribution in [0, 0.1) is 11.3 Å². The molecule has 2 N–H and O–H groups in total. The number of hydrogen-bond acceptors (Lipinski definition) is 8. The number of esters is 1. The number of methoxy groups -OCH3 is 3. The van der Waals surface area contributed by atoms with Crippen LogP contribution in [0.25, 0.3) is 0 Å². The van der Waals surface area contributed by atoms with E-state index in [1.165, 1.54) is 31.8 Å². The van der Waals surface area contributed by atoms with Gasteiger partial charge in [0.15, 0.2) is 11.5 Å². The average molecular weight is 565 g/mol. The fourth-order valence-corrected chi connectivity index (χ4v) is 6.93. The minimum atomic E-state index is -0.592. The Hall–Kier alpha value is -3.72. The van der Waals surface area contributed by atoms with Gasteiger partial charge in [-0.15, -0.1) is 11.3 Å². The number of hydrogen-bond donors (Lipinski definition) is 2. The molecular weight excluding hydrogens is 528 g/mol. The summed E-state index contributed by atoms with van der Waals surface area (Å²) in [5.74, 6) is 1.33. The van der Waals surface area contributed by atoms with E-state index in [2.05, 4.69) is 31.4 Å². The molecule has 2 atom stereocenters. The number of rotatable bonds is 8. The zero-order valence-corrected chi connectivity index (χ0v) is 24.6. The molecule has 0 saturated carbocycles. The highest BCUT2D eigenvalue weighted by molar-refractivity contribution is 7.16. The third-order valence-electron chi connectivity index (χ3n) is 8.39. The maximum Gasteiger partial charge on any atom is 0.343 e. The number of carbonyl (C=O) groups is 2. The molecule has 3 aromatic rings. The minimum Gasteiger partial charge on any atom is -0.493 e. The molecule has 1 aliphatic heterocycles. The minimum absolute atomic E-state index is 0.102. The molecule has 1 amide bonds. The quantitative estimate of drug-likeness (QED) is 0.242. The maximum absolute atomic E-state index is 13.4.